The van der Waals surface area contributed by atoms with Crippen molar-refractivity contribution in [3.05, 3.63) is 315 Å². The van der Waals surface area contributed by atoms with Gasteiger partial charge in [0.25, 0.3) is 0 Å². The molecule has 0 bridgehead atoms. The molecule has 0 fully saturated rings. The molecular weight excluding hydrogens is 1220 g/mol. The summed E-state index contributed by atoms with van der Waals surface area (Å²) in [5.74, 6) is 0. The van der Waals surface area contributed by atoms with Crippen LogP contribution in [0.3, 0.4) is 0 Å². The van der Waals surface area contributed by atoms with E-state index in [1.54, 1.807) is 0 Å². The van der Waals surface area contributed by atoms with Crippen molar-refractivity contribution in [2.45, 2.75) is 12.5 Å². The van der Waals surface area contributed by atoms with Crippen LogP contribution in [-0.2, 0) is 0 Å². The summed E-state index contributed by atoms with van der Waals surface area (Å²) in [6, 6.07) is 109. The van der Waals surface area contributed by atoms with E-state index >= 15 is 0 Å². The highest BCUT2D eigenvalue weighted by Crippen LogP contribution is 2.50. The highest BCUT2D eigenvalue weighted by atomic mass is 32.1. The summed E-state index contributed by atoms with van der Waals surface area (Å²) in [5, 5.41) is 15.3. The van der Waals surface area contributed by atoms with Gasteiger partial charge in [-0.25, -0.2) is 4.98 Å². The van der Waals surface area contributed by atoms with Crippen LogP contribution >= 0.6 is 34.0 Å². The van der Waals surface area contributed by atoms with E-state index in [4.69, 9.17) is 4.98 Å². The topological polar surface area (TPSA) is 27.7 Å². The third kappa shape index (κ3) is 7.96. The van der Waals surface area contributed by atoms with E-state index in [1.807, 2.05) is 34.0 Å². The Bertz CT molecular complexity index is 6770. The second-order valence-electron chi connectivity index (χ2n) is 25.5. The number of aromatic nitrogens is 4. The molecule has 4 nitrogen and oxygen atoms in total. The molecule has 0 amide bonds. The summed E-state index contributed by atoms with van der Waals surface area (Å²) < 4.78 is 15.4. The van der Waals surface area contributed by atoms with Gasteiger partial charge in [0, 0.05) is 110 Å². The maximum absolute atomic E-state index is 5.86. The van der Waals surface area contributed by atoms with E-state index in [0.29, 0.717) is 0 Å². The number of benzene rings is 13. The van der Waals surface area contributed by atoms with Crippen molar-refractivity contribution in [3.8, 4) is 56.0 Å². The molecule has 1 atom stereocenters. The summed E-state index contributed by atoms with van der Waals surface area (Å²) in [5.41, 5.74) is 20.6. The molecular formula is C89H54N4S3. The van der Waals surface area contributed by atoms with Crippen molar-refractivity contribution in [2.24, 2.45) is 0 Å². The summed E-state index contributed by atoms with van der Waals surface area (Å²) >= 11 is 5.62. The lowest BCUT2D eigenvalue weighted by molar-refractivity contribution is 0.650. The normalized spacial score (nSPS) is 13.7. The SMILES string of the molecule is C1=CC(c2cc(-n3c4ccccc4c4c(-c5cccc6sc7ccccc7c56)cccc43)cc(-c3cccc(-n4c5ccccc5c5c(-c6cccc7sc8ccccc8c67)cccc54)c3)n2)=CC(n2c3ccccc3c3c(-c4cccc5sc6ccccc6c45)cccc32)C1. The molecule has 1 aliphatic carbocycles. The molecule has 96 heavy (non-hydrogen) atoms. The van der Waals surface area contributed by atoms with Crippen molar-refractivity contribution in [3.63, 3.8) is 0 Å². The van der Waals surface area contributed by atoms with Crippen LogP contribution in [0, 0.1) is 0 Å². The van der Waals surface area contributed by atoms with Gasteiger partial charge in [0.15, 0.2) is 0 Å². The standard InChI is InChI=1S/C89H54N4S3/c1-7-37-72-64(25-1)84-58(61-34-18-46-81-87(61)67-28-4-10-43-78(67)94-81)31-15-40-75(84)91(72)55-23-13-21-53(49-55)70-51-57(93-74-39-9-3-27-66(74)86-60(33-17-42-77(86)93)63-36-20-48-83-89(63)69-30-6-12-45-80(69)96-83)52-71(90-70)54-22-14-24-56(50-54)92-73-38-8-2-26-65(73)85-59(32-16-41-76(85)92)62-35-19-47-82-88(62)68-29-5-11-44-79(68)95-82/h1-23,25-52,56H,24H2. The lowest BCUT2D eigenvalue weighted by Crippen LogP contribution is -2.09. The average Bonchev–Trinajstić information content (AvgIpc) is 1.60. The summed E-state index contributed by atoms with van der Waals surface area (Å²) in [7, 11) is 0. The zero-order valence-electron chi connectivity index (χ0n) is 51.7. The molecule has 0 aliphatic heterocycles. The highest BCUT2D eigenvalue weighted by Gasteiger charge is 2.26. The molecule has 1 aliphatic rings. The number of hydrogen-bond acceptors (Lipinski definition) is 4. The second kappa shape index (κ2) is 21.0. The number of fused-ring (bicyclic) bond motifs is 18. The van der Waals surface area contributed by atoms with Gasteiger partial charge in [0.1, 0.15) is 0 Å². The van der Waals surface area contributed by atoms with Gasteiger partial charge >= 0.3 is 0 Å². The molecule has 0 radical (unpaired) electrons. The minimum Gasteiger partial charge on any atom is -0.333 e. The molecule has 20 aromatic rings. The van der Waals surface area contributed by atoms with Gasteiger partial charge in [-0.05, 0) is 142 Å². The van der Waals surface area contributed by atoms with Crippen molar-refractivity contribution in [2.75, 3.05) is 0 Å². The van der Waals surface area contributed by atoms with Gasteiger partial charge < -0.3 is 13.7 Å². The third-order valence-electron chi connectivity index (χ3n) is 20.4. The van der Waals surface area contributed by atoms with E-state index < -0.39 is 0 Å². The summed E-state index contributed by atoms with van der Waals surface area (Å²) in [4.78, 5) is 5.86. The van der Waals surface area contributed by atoms with E-state index in [0.717, 1.165) is 62.4 Å². The number of allylic oxidation sites excluding steroid dienone is 4. The van der Waals surface area contributed by atoms with Crippen LogP contribution in [0.1, 0.15) is 18.2 Å². The fourth-order valence-electron chi connectivity index (χ4n) is 16.4. The number of nitrogens with zero attached hydrogens (tertiary/aromatic N) is 4. The van der Waals surface area contributed by atoms with Crippen LogP contribution in [0.25, 0.3) is 188 Å². The maximum Gasteiger partial charge on any atom is 0.0731 e. The lowest BCUT2D eigenvalue weighted by atomic mass is 9.95. The molecule has 13 aromatic carbocycles. The van der Waals surface area contributed by atoms with Gasteiger partial charge in [0.05, 0.1) is 50.7 Å². The van der Waals surface area contributed by atoms with Gasteiger partial charge in [-0.3, -0.25) is 0 Å². The predicted octanol–water partition coefficient (Wildman–Crippen LogP) is 25.7. The Kier molecular flexibility index (Phi) is 11.8. The number of rotatable bonds is 8. The Labute approximate surface area is 563 Å². The largest absolute Gasteiger partial charge is 0.333 e. The molecule has 448 valence electrons. The minimum absolute atomic E-state index is 0.00465. The third-order valence-corrected chi connectivity index (χ3v) is 23.8. The van der Waals surface area contributed by atoms with E-state index in [2.05, 4.69) is 323 Å². The van der Waals surface area contributed by atoms with Crippen LogP contribution < -0.4 is 0 Å². The Morgan fingerprint density at radius 1 is 0.292 bits per heavy atom. The van der Waals surface area contributed by atoms with Crippen LogP contribution in [0.5, 0.6) is 0 Å². The Morgan fingerprint density at radius 3 is 1.19 bits per heavy atom. The Hall–Kier alpha value is -11.5. The average molecular weight is 1280 g/mol. The molecule has 0 saturated heterocycles. The zero-order chi connectivity index (χ0) is 62.7. The van der Waals surface area contributed by atoms with Gasteiger partial charge in [-0.1, -0.05) is 212 Å². The van der Waals surface area contributed by atoms with Crippen molar-refractivity contribution in [1.29, 1.82) is 0 Å². The van der Waals surface area contributed by atoms with Gasteiger partial charge in [-0.2, -0.15) is 0 Å². The van der Waals surface area contributed by atoms with E-state index in [9.17, 15) is 0 Å². The number of thiophene rings is 3. The number of hydrogen-bond donors (Lipinski definition) is 0. The van der Waals surface area contributed by atoms with Gasteiger partial charge in [0.2, 0.25) is 0 Å². The first-order valence-electron chi connectivity index (χ1n) is 32.9. The first kappa shape index (κ1) is 54.0. The molecule has 7 heteroatoms. The molecule has 21 rings (SSSR count). The van der Waals surface area contributed by atoms with E-state index in [-0.39, 0.29) is 6.04 Å². The van der Waals surface area contributed by atoms with E-state index in [1.165, 1.54) is 137 Å². The van der Waals surface area contributed by atoms with Crippen molar-refractivity contribution < 1.29 is 0 Å². The van der Waals surface area contributed by atoms with Crippen LogP contribution in [0.4, 0.5) is 0 Å². The summed E-state index contributed by atoms with van der Waals surface area (Å²) in [6.45, 7) is 0. The summed E-state index contributed by atoms with van der Waals surface area (Å²) in [6.07, 6.45) is 8.01. The smallest absolute Gasteiger partial charge is 0.0731 e. The lowest BCUT2D eigenvalue weighted by Gasteiger charge is -2.22. The fourth-order valence-corrected chi connectivity index (χ4v) is 19.8. The monoisotopic (exact) mass is 1270 g/mol. The van der Waals surface area contributed by atoms with Crippen molar-refractivity contribution >= 4 is 166 Å². The molecule has 7 heterocycles. The minimum atomic E-state index is -0.00465. The molecule has 1 unspecified atom stereocenters. The molecule has 0 N–H and O–H groups in total. The number of para-hydroxylation sites is 3. The second-order valence-corrected chi connectivity index (χ2v) is 28.7. The Morgan fingerprint density at radius 2 is 0.667 bits per heavy atom. The molecule has 0 spiro atoms. The predicted molar refractivity (Wildman–Crippen MR) is 414 cm³/mol. The first-order valence-corrected chi connectivity index (χ1v) is 35.4. The molecule has 0 saturated carbocycles. The van der Waals surface area contributed by atoms with Crippen LogP contribution in [0.15, 0.2) is 309 Å². The highest BCUT2D eigenvalue weighted by molar-refractivity contribution is 7.26. The van der Waals surface area contributed by atoms with Gasteiger partial charge in [-0.15, -0.1) is 34.0 Å². The van der Waals surface area contributed by atoms with Crippen LogP contribution in [0.2, 0.25) is 0 Å². The maximum atomic E-state index is 5.86. The number of pyridine rings is 1. The quantitative estimate of drug-likeness (QED) is 0.149. The zero-order valence-corrected chi connectivity index (χ0v) is 54.2. The fraction of sp³-hybridized carbons (Fsp3) is 0.0225. The van der Waals surface area contributed by atoms with Crippen molar-refractivity contribution in [1.82, 2.24) is 18.7 Å². The van der Waals surface area contributed by atoms with Crippen LogP contribution in [-0.4, -0.2) is 18.7 Å². The Balaban J connectivity index is 0.775. The first-order chi connectivity index (χ1) is 47.6. The molecule has 7 aromatic heterocycles.